The molecule has 1 N–H and O–H groups in total. The molecule has 2 heterocycles. The molecule has 0 aliphatic carbocycles. The lowest BCUT2D eigenvalue weighted by Gasteiger charge is -2.16. The van der Waals surface area contributed by atoms with Crippen LogP contribution >= 0.6 is 0 Å². The third-order valence-electron chi connectivity index (χ3n) is 4.54. The number of aromatic nitrogens is 4. The highest BCUT2D eigenvalue weighted by atomic mass is 16.1. The summed E-state index contributed by atoms with van der Waals surface area (Å²) >= 11 is 0. The minimum Gasteiger partial charge on any atom is -0.308 e. The van der Waals surface area contributed by atoms with Gasteiger partial charge in [0, 0.05) is 31.5 Å². The maximum Gasteiger partial charge on any atom is 0.261 e. The van der Waals surface area contributed by atoms with E-state index in [-0.39, 0.29) is 11.6 Å². The van der Waals surface area contributed by atoms with Crippen LogP contribution in [0, 0.1) is 0 Å². The van der Waals surface area contributed by atoms with Crippen molar-refractivity contribution in [3.63, 3.8) is 0 Å². The Morgan fingerprint density at radius 2 is 2.00 bits per heavy atom. The zero-order valence-corrected chi connectivity index (χ0v) is 15.1. The van der Waals surface area contributed by atoms with Crippen molar-refractivity contribution >= 4 is 10.9 Å². The molecular formula is C21H21N5O. The van der Waals surface area contributed by atoms with E-state index >= 15 is 0 Å². The van der Waals surface area contributed by atoms with Gasteiger partial charge in [0.2, 0.25) is 0 Å². The number of fused-ring (bicyclic) bond motifs is 1. The highest BCUT2D eigenvalue weighted by Crippen LogP contribution is 2.10. The first-order valence-corrected chi connectivity index (χ1v) is 8.97. The fourth-order valence-corrected chi connectivity index (χ4v) is 3.12. The summed E-state index contributed by atoms with van der Waals surface area (Å²) in [7, 11) is 0. The first kappa shape index (κ1) is 17.2. The predicted molar refractivity (Wildman–Crippen MR) is 106 cm³/mol. The van der Waals surface area contributed by atoms with Crippen LogP contribution in [0.3, 0.4) is 0 Å². The van der Waals surface area contributed by atoms with Crippen molar-refractivity contribution in [1.82, 2.24) is 24.6 Å². The monoisotopic (exact) mass is 359 g/mol. The van der Waals surface area contributed by atoms with E-state index in [1.165, 1.54) is 5.56 Å². The van der Waals surface area contributed by atoms with Crippen molar-refractivity contribution in [2.24, 2.45) is 0 Å². The summed E-state index contributed by atoms with van der Waals surface area (Å²) in [4.78, 5) is 17.0. The standard InChI is InChI=1S/C21H21N5O/c1-16(14-25-15-23-20-9-3-2-8-19(20)21(25)27)22-13-17-6-4-7-18(12-17)26-11-5-10-24-26/h2-12,15-16,22H,13-14H2,1H3. The third-order valence-corrected chi connectivity index (χ3v) is 4.54. The highest BCUT2D eigenvalue weighted by Gasteiger charge is 2.08. The van der Waals surface area contributed by atoms with E-state index in [1.54, 1.807) is 17.1 Å². The minimum atomic E-state index is -0.00469. The average Bonchev–Trinajstić information content (AvgIpc) is 3.24. The molecule has 2 aromatic heterocycles. The van der Waals surface area contributed by atoms with Gasteiger partial charge < -0.3 is 5.32 Å². The van der Waals surface area contributed by atoms with Crippen LogP contribution in [0.5, 0.6) is 0 Å². The molecule has 0 aliphatic rings. The average molecular weight is 359 g/mol. The highest BCUT2D eigenvalue weighted by molar-refractivity contribution is 5.76. The summed E-state index contributed by atoms with van der Waals surface area (Å²) < 4.78 is 3.51. The van der Waals surface area contributed by atoms with E-state index in [0.717, 1.165) is 11.2 Å². The van der Waals surface area contributed by atoms with Crippen molar-refractivity contribution < 1.29 is 0 Å². The number of hydrogen-bond donors (Lipinski definition) is 1. The summed E-state index contributed by atoms with van der Waals surface area (Å²) in [6.07, 6.45) is 5.32. The number of hydrogen-bond acceptors (Lipinski definition) is 4. The van der Waals surface area contributed by atoms with Crippen LogP contribution in [0.15, 0.2) is 78.1 Å². The maximum absolute atomic E-state index is 12.6. The zero-order valence-electron chi connectivity index (χ0n) is 15.1. The summed E-state index contributed by atoms with van der Waals surface area (Å²) in [5.41, 5.74) is 2.92. The first-order chi connectivity index (χ1) is 13.2. The zero-order chi connectivity index (χ0) is 18.6. The van der Waals surface area contributed by atoms with Crippen molar-refractivity contribution in [3.8, 4) is 5.69 Å². The number of rotatable bonds is 6. The van der Waals surface area contributed by atoms with Crippen LogP contribution in [0.2, 0.25) is 0 Å². The Bertz CT molecular complexity index is 1100. The summed E-state index contributed by atoms with van der Waals surface area (Å²) in [6.45, 7) is 3.35. The van der Waals surface area contributed by atoms with Crippen LogP contribution in [0.1, 0.15) is 12.5 Å². The van der Waals surface area contributed by atoms with Gasteiger partial charge in [0.15, 0.2) is 0 Å². The predicted octanol–water partition coefficient (Wildman–Crippen LogP) is 2.76. The molecule has 4 aromatic rings. The van der Waals surface area contributed by atoms with Crippen LogP contribution in [-0.2, 0) is 13.1 Å². The number of para-hydroxylation sites is 1. The Morgan fingerprint density at radius 3 is 2.85 bits per heavy atom. The molecule has 6 heteroatoms. The fraction of sp³-hybridized carbons (Fsp3) is 0.190. The molecule has 0 saturated carbocycles. The smallest absolute Gasteiger partial charge is 0.261 e. The van der Waals surface area contributed by atoms with Crippen LogP contribution in [-0.4, -0.2) is 25.4 Å². The molecule has 27 heavy (non-hydrogen) atoms. The molecule has 4 rings (SSSR count). The molecule has 136 valence electrons. The molecule has 6 nitrogen and oxygen atoms in total. The van der Waals surface area contributed by atoms with E-state index in [9.17, 15) is 4.79 Å². The first-order valence-electron chi connectivity index (χ1n) is 8.97. The van der Waals surface area contributed by atoms with Gasteiger partial charge in [-0.05, 0) is 42.8 Å². The van der Waals surface area contributed by atoms with Crippen LogP contribution in [0.25, 0.3) is 16.6 Å². The van der Waals surface area contributed by atoms with Gasteiger partial charge in [-0.15, -0.1) is 0 Å². The molecule has 1 unspecified atom stereocenters. The van der Waals surface area contributed by atoms with Gasteiger partial charge in [-0.3, -0.25) is 9.36 Å². The van der Waals surface area contributed by atoms with Gasteiger partial charge in [-0.2, -0.15) is 5.10 Å². The normalized spacial score (nSPS) is 12.3. The summed E-state index contributed by atoms with van der Waals surface area (Å²) in [6, 6.07) is 17.7. The van der Waals surface area contributed by atoms with E-state index in [2.05, 4.69) is 34.5 Å². The molecule has 0 fully saturated rings. The van der Waals surface area contributed by atoms with E-state index in [4.69, 9.17) is 0 Å². The molecule has 0 bridgehead atoms. The number of nitrogens with zero attached hydrogens (tertiary/aromatic N) is 4. The lowest BCUT2D eigenvalue weighted by atomic mass is 10.2. The van der Waals surface area contributed by atoms with Gasteiger partial charge in [0.1, 0.15) is 0 Å². The second kappa shape index (κ2) is 7.55. The van der Waals surface area contributed by atoms with Gasteiger partial charge in [0.05, 0.1) is 22.9 Å². The molecule has 0 saturated heterocycles. The Hall–Kier alpha value is -3.25. The fourth-order valence-electron chi connectivity index (χ4n) is 3.12. The van der Waals surface area contributed by atoms with E-state index in [1.807, 2.05) is 53.3 Å². The van der Waals surface area contributed by atoms with Crippen molar-refractivity contribution in [1.29, 1.82) is 0 Å². The van der Waals surface area contributed by atoms with Crippen LogP contribution < -0.4 is 10.9 Å². The maximum atomic E-state index is 12.6. The summed E-state index contributed by atoms with van der Waals surface area (Å²) in [5.74, 6) is 0. The van der Waals surface area contributed by atoms with Gasteiger partial charge in [-0.25, -0.2) is 9.67 Å². The van der Waals surface area contributed by atoms with E-state index in [0.29, 0.717) is 18.5 Å². The Kier molecular flexibility index (Phi) is 4.80. The van der Waals surface area contributed by atoms with Crippen LogP contribution in [0.4, 0.5) is 0 Å². The lowest BCUT2D eigenvalue weighted by Crippen LogP contribution is -2.34. The molecule has 0 spiro atoms. The molecule has 0 amide bonds. The SMILES string of the molecule is CC(Cn1cnc2ccccc2c1=O)NCc1cccc(-n2cccn2)c1. The molecule has 0 radical (unpaired) electrons. The number of nitrogens with one attached hydrogen (secondary N) is 1. The van der Waals surface area contributed by atoms with Gasteiger partial charge >= 0.3 is 0 Å². The topological polar surface area (TPSA) is 64.7 Å². The van der Waals surface area contributed by atoms with Gasteiger partial charge in [-0.1, -0.05) is 24.3 Å². The molecule has 2 aromatic carbocycles. The largest absolute Gasteiger partial charge is 0.308 e. The second-order valence-corrected chi connectivity index (χ2v) is 6.62. The second-order valence-electron chi connectivity index (χ2n) is 6.62. The molecule has 1 atom stereocenters. The Balaban J connectivity index is 1.43. The van der Waals surface area contributed by atoms with E-state index < -0.39 is 0 Å². The molecule has 0 aliphatic heterocycles. The summed E-state index contributed by atoms with van der Waals surface area (Å²) in [5, 5.41) is 8.39. The number of benzene rings is 2. The molecular weight excluding hydrogens is 338 g/mol. The quantitative estimate of drug-likeness (QED) is 0.575. The lowest BCUT2D eigenvalue weighted by molar-refractivity contribution is 0.467. The Labute approximate surface area is 157 Å². The van der Waals surface area contributed by atoms with Gasteiger partial charge in [0.25, 0.3) is 5.56 Å². The Morgan fingerprint density at radius 1 is 1.11 bits per heavy atom. The van der Waals surface area contributed by atoms with Crippen molar-refractivity contribution in [2.75, 3.05) is 0 Å². The van der Waals surface area contributed by atoms with Crippen molar-refractivity contribution in [3.05, 3.63) is 89.2 Å². The minimum absolute atomic E-state index is 0.00469. The third kappa shape index (κ3) is 3.80. The van der Waals surface area contributed by atoms with Crippen molar-refractivity contribution in [2.45, 2.75) is 26.1 Å².